The van der Waals surface area contributed by atoms with E-state index in [0.29, 0.717) is 19.6 Å². The van der Waals surface area contributed by atoms with E-state index in [0.717, 1.165) is 11.1 Å². The Morgan fingerprint density at radius 1 is 1.31 bits per heavy atom. The lowest BCUT2D eigenvalue weighted by Crippen LogP contribution is -2.23. The molecule has 0 atom stereocenters. The SMILES string of the molecule is COCCC(=O)NCc1ccc(CO)cc1. The largest absolute Gasteiger partial charge is 0.392 e. The van der Waals surface area contributed by atoms with Gasteiger partial charge in [-0.05, 0) is 11.1 Å². The zero-order valence-corrected chi connectivity index (χ0v) is 9.40. The number of aliphatic hydroxyl groups is 1. The van der Waals surface area contributed by atoms with Crippen LogP contribution in [0.5, 0.6) is 0 Å². The Bertz CT molecular complexity index is 322. The topological polar surface area (TPSA) is 58.6 Å². The zero-order chi connectivity index (χ0) is 11.8. The molecule has 0 saturated carbocycles. The Hall–Kier alpha value is -1.39. The van der Waals surface area contributed by atoms with Crippen molar-refractivity contribution in [2.24, 2.45) is 0 Å². The van der Waals surface area contributed by atoms with Crippen LogP contribution in [0.3, 0.4) is 0 Å². The number of hydrogen-bond donors (Lipinski definition) is 2. The Labute approximate surface area is 95.2 Å². The summed E-state index contributed by atoms with van der Waals surface area (Å²) in [4.78, 5) is 11.3. The molecule has 1 aromatic carbocycles. The number of methoxy groups -OCH3 is 1. The van der Waals surface area contributed by atoms with Crippen LogP contribution in [0.4, 0.5) is 0 Å². The lowest BCUT2D eigenvalue weighted by Gasteiger charge is -2.05. The van der Waals surface area contributed by atoms with Crippen LogP contribution in [0.25, 0.3) is 0 Å². The Kier molecular flexibility index (Phi) is 5.53. The lowest BCUT2D eigenvalue weighted by molar-refractivity contribution is -0.122. The van der Waals surface area contributed by atoms with Gasteiger partial charge in [-0.3, -0.25) is 4.79 Å². The number of hydrogen-bond acceptors (Lipinski definition) is 3. The van der Waals surface area contributed by atoms with Crippen LogP contribution >= 0.6 is 0 Å². The van der Waals surface area contributed by atoms with Crippen LogP contribution < -0.4 is 5.32 Å². The van der Waals surface area contributed by atoms with Gasteiger partial charge >= 0.3 is 0 Å². The molecule has 0 unspecified atom stereocenters. The minimum absolute atomic E-state index is 0.0203. The Morgan fingerprint density at radius 3 is 2.50 bits per heavy atom. The summed E-state index contributed by atoms with van der Waals surface area (Å²) in [5.41, 5.74) is 1.89. The molecular weight excluding hydrogens is 206 g/mol. The standard InChI is InChI=1S/C12H17NO3/c1-16-7-6-12(15)13-8-10-2-4-11(9-14)5-3-10/h2-5,14H,6-9H2,1H3,(H,13,15). The number of ether oxygens (including phenoxy) is 1. The van der Waals surface area contributed by atoms with Crippen molar-refractivity contribution in [1.82, 2.24) is 5.32 Å². The van der Waals surface area contributed by atoms with Gasteiger partial charge in [0.1, 0.15) is 0 Å². The van der Waals surface area contributed by atoms with E-state index >= 15 is 0 Å². The van der Waals surface area contributed by atoms with E-state index in [9.17, 15) is 4.79 Å². The van der Waals surface area contributed by atoms with Crippen molar-refractivity contribution in [2.75, 3.05) is 13.7 Å². The zero-order valence-electron chi connectivity index (χ0n) is 9.40. The van der Waals surface area contributed by atoms with Gasteiger partial charge < -0.3 is 15.2 Å². The van der Waals surface area contributed by atoms with Crippen LogP contribution in [-0.2, 0) is 22.7 Å². The molecule has 0 aromatic heterocycles. The molecule has 0 spiro atoms. The van der Waals surface area contributed by atoms with Crippen molar-refractivity contribution in [3.63, 3.8) is 0 Å². The summed E-state index contributed by atoms with van der Waals surface area (Å²) in [6, 6.07) is 7.47. The molecule has 0 fully saturated rings. The third kappa shape index (κ3) is 4.42. The normalized spacial score (nSPS) is 10.1. The highest BCUT2D eigenvalue weighted by Gasteiger charge is 2.00. The fraction of sp³-hybridized carbons (Fsp3) is 0.417. The number of nitrogens with one attached hydrogen (secondary N) is 1. The molecule has 0 aliphatic rings. The average Bonchev–Trinajstić information content (AvgIpc) is 2.34. The second kappa shape index (κ2) is 6.98. The van der Waals surface area contributed by atoms with Crippen LogP contribution in [-0.4, -0.2) is 24.7 Å². The third-order valence-electron chi connectivity index (χ3n) is 2.23. The fourth-order valence-corrected chi connectivity index (χ4v) is 1.25. The Balaban J connectivity index is 2.33. The molecule has 0 aliphatic heterocycles. The van der Waals surface area contributed by atoms with Gasteiger partial charge in [0, 0.05) is 20.1 Å². The van der Waals surface area contributed by atoms with Crippen LogP contribution in [0, 0.1) is 0 Å². The van der Waals surface area contributed by atoms with Crippen molar-refractivity contribution in [1.29, 1.82) is 0 Å². The van der Waals surface area contributed by atoms with Crippen molar-refractivity contribution in [2.45, 2.75) is 19.6 Å². The summed E-state index contributed by atoms with van der Waals surface area (Å²) in [5, 5.41) is 11.6. The van der Waals surface area contributed by atoms with Crippen molar-refractivity contribution >= 4 is 5.91 Å². The van der Waals surface area contributed by atoms with Gasteiger partial charge in [-0.1, -0.05) is 24.3 Å². The number of carbonyl (C=O) groups excluding carboxylic acids is 1. The third-order valence-corrected chi connectivity index (χ3v) is 2.23. The minimum atomic E-state index is -0.0203. The van der Waals surface area contributed by atoms with E-state index in [1.54, 1.807) is 7.11 Å². The molecule has 0 heterocycles. The number of carbonyl (C=O) groups is 1. The van der Waals surface area contributed by atoms with E-state index in [2.05, 4.69) is 5.32 Å². The number of amides is 1. The van der Waals surface area contributed by atoms with E-state index in [4.69, 9.17) is 9.84 Å². The van der Waals surface area contributed by atoms with Gasteiger partial charge in [0.25, 0.3) is 0 Å². The maximum Gasteiger partial charge on any atom is 0.222 e. The molecule has 4 heteroatoms. The van der Waals surface area contributed by atoms with Crippen LogP contribution in [0.2, 0.25) is 0 Å². The molecule has 4 nitrogen and oxygen atoms in total. The summed E-state index contributed by atoms with van der Waals surface area (Å²) in [5.74, 6) is -0.0203. The maximum atomic E-state index is 11.3. The van der Waals surface area contributed by atoms with E-state index in [-0.39, 0.29) is 12.5 Å². The number of aliphatic hydroxyl groups excluding tert-OH is 1. The van der Waals surface area contributed by atoms with Gasteiger partial charge in [0.15, 0.2) is 0 Å². The lowest BCUT2D eigenvalue weighted by atomic mass is 10.1. The molecule has 0 saturated heterocycles. The first kappa shape index (κ1) is 12.7. The molecule has 16 heavy (non-hydrogen) atoms. The van der Waals surface area contributed by atoms with Crippen molar-refractivity contribution in [3.8, 4) is 0 Å². The molecule has 0 bridgehead atoms. The average molecular weight is 223 g/mol. The molecule has 1 amide bonds. The number of rotatable bonds is 6. The smallest absolute Gasteiger partial charge is 0.222 e. The molecule has 2 N–H and O–H groups in total. The molecule has 1 aromatic rings. The summed E-state index contributed by atoms with van der Waals surface area (Å²) in [6.45, 7) is 0.990. The van der Waals surface area contributed by atoms with Crippen LogP contribution in [0.1, 0.15) is 17.5 Å². The Morgan fingerprint density at radius 2 is 1.94 bits per heavy atom. The molecule has 0 radical (unpaired) electrons. The van der Waals surface area contributed by atoms with E-state index in [1.807, 2.05) is 24.3 Å². The monoisotopic (exact) mass is 223 g/mol. The molecule has 0 aliphatic carbocycles. The summed E-state index contributed by atoms with van der Waals surface area (Å²) < 4.78 is 4.81. The van der Waals surface area contributed by atoms with Crippen molar-refractivity contribution < 1.29 is 14.6 Å². The highest BCUT2D eigenvalue weighted by Crippen LogP contribution is 2.03. The van der Waals surface area contributed by atoms with Gasteiger partial charge in [-0.15, -0.1) is 0 Å². The predicted molar refractivity (Wildman–Crippen MR) is 60.7 cm³/mol. The first-order valence-electron chi connectivity index (χ1n) is 5.20. The molecule has 1 rings (SSSR count). The molecular formula is C12H17NO3. The summed E-state index contributed by atoms with van der Waals surface area (Å²) >= 11 is 0. The van der Waals surface area contributed by atoms with Gasteiger partial charge in [-0.25, -0.2) is 0 Å². The summed E-state index contributed by atoms with van der Waals surface area (Å²) in [6.07, 6.45) is 0.380. The van der Waals surface area contributed by atoms with Crippen molar-refractivity contribution in [3.05, 3.63) is 35.4 Å². The number of benzene rings is 1. The van der Waals surface area contributed by atoms with E-state index < -0.39 is 0 Å². The minimum Gasteiger partial charge on any atom is -0.392 e. The van der Waals surface area contributed by atoms with Gasteiger partial charge in [0.2, 0.25) is 5.91 Å². The summed E-state index contributed by atoms with van der Waals surface area (Å²) in [7, 11) is 1.57. The first-order chi connectivity index (χ1) is 7.76. The van der Waals surface area contributed by atoms with E-state index in [1.165, 1.54) is 0 Å². The predicted octanol–water partition coefficient (Wildman–Crippen LogP) is 0.832. The maximum absolute atomic E-state index is 11.3. The molecule has 88 valence electrons. The quantitative estimate of drug-likeness (QED) is 0.751. The van der Waals surface area contributed by atoms with Gasteiger partial charge in [0.05, 0.1) is 13.2 Å². The fourth-order valence-electron chi connectivity index (χ4n) is 1.25. The second-order valence-corrected chi connectivity index (χ2v) is 3.49. The second-order valence-electron chi connectivity index (χ2n) is 3.49. The van der Waals surface area contributed by atoms with Crippen LogP contribution in [0.15, 0.2) is 24.3 Å². The first-order valence-corrected chi connectivity index (χ1v) is 5.20. The van der Waals surface area contributed by atoms with Gasteiger partial charge in [-0.2, -0.15) is 0 Å². The highest BCUT2D eigenvalue weighted by atomic mass is 16.5. The highest BCUT2D eigenvalue weighted by molar-refractivity contribution is 5.75.